The molecule has 0 bridgehead atoms. The SMILES string of the molecule is C=C(C)CCOc1cc(CC)sc1C(=O)O. The van der Waals surface area contributed by atoms with Crippen LogP contribution in [0.5, 0.6) is 5.75 Å². The van der Waals surface area contributed by atoms with Gasteiger partial charge in [-0.3, -0.25) is 0 Å². The first-order valence-corrected chi connectivity index (χ1v) is 5.99. The lowest BCUT2D eigenvalue weighted by Crippen LogP contribution is -2.01. The second-order valence-electron chi connectivity index (χ2n) is 3.62. The summed E-state index contributed by atoms with van der Waals surface area (Å²) in [6.45, 7) is 8.17. The van der Waals surface area contributed by atoms with Crippen LogP contribution in [0.25, 0.3) is 0 Å². The van der Waals surface area contributed by atoms with E-state index >= 15 is 0 Å². The van der Waals surface area contributed by atoms with Crippen molar-refractivity contribution in [3.63, 3.8) is 0 Å². The van der Waals surface area contributed by atoms with Gasteiger partial charge in [-0.1, -0.05) is 12.5 Å². The molecule has 0 aliphatic heterocycles. The molecule has 0 aliphatic carbocycles. The number of aryl methyl sites for hydroxylation is 1. The molecule has 0 aromatic carbocycles. The lowest BCUT2D eigenvalue weighted by molar-refractivity contribution is 0.0698. The van der Waals surface area contributed by atoms with Gasteiger partial charge in [0.05, 0.1) is 6.61 Å². The number of carboxylic acids is 1. The summed E-state index contributed by atoms with van der Waals surface area (Å²) in [5.74, 6) is -0.439. The number of carboxylic acid groups (broad SMARTS) is 1. The van der Waals surface area contributed by atoms with E-state index < -0.39 is 5.97 Å². The molecule has 0 saturated heterocycles. The van der Waals surface area contributed by atoms with Crippen LogP contribution in [-0.4, -0.2) is 17.7 Å². The van der Waals surface area contributed by atoms with Gasteiger partial charge in [-0.2, -0.15) is 0 Å². The summed E-state index contributed by atoms with van der Waals surface area (Å²) in [5, 5.41) is 9.00. The van der Waals surface area contributed by atoms with Crippen molar-refractivity contribution < 1.29 is 14.6 Å². The second-order valence-corrected chi connectivity index (χ2v) is 4.76. The Morgan fingerprint density at radius 3 is 2.81 bits per heavy atom. The van der Waals surface area contributed by atoms with E-state index in [1.54, 1.807) is 0 Å². The summed E-state index contributed by atoms with van der Waals surface area (Å²) in [5.41, 5.74) is 1.03. The Bertz CT molecular complexity index is 393. The summed E-state index contributed by atoms with van der Waals surface area (Å²) >= 11 is 1.28. The summed E-state index contributed by atoms with van der Waals surface area (Å²) in [7, 11) is 0. The zero-order valence-corrected chi connectivity index (χ0v) is 10.4. The highest BCUT2D eigenvalue weighted by Crippen LogP contribution is 2.30. The van der Waals surface area contributed by atoms with Gasteiger partial charge in [-0.05, 0) is 19.4 Å². The lowest BCUT2D eigenvalue weighted by Gasteiger charge is -2.04. The topological polar surface area (TPSA) is 46.5 Å². The number of aromatic carboxylic acids is 1. The van der Waals surface area contributed by atoms with Crippen molar-refractivity contribution in [1.82, 2.24) is 0 Å². The maximum absolute atomic E-state index is 11.0. The van der Waals surface area contributed by atoms with Gasteiger partial charge in [0.15, 0.2) is 4.88 Å². The van der Waals surface area contributed by atoms with Crippen molar-refractivity contribution >= 4 is 17.3 Å². The van der Waals surface area contributed by atoms with Gasteiger partial charge < -0.3 is 9.84 Å². The van der Waals surface area contributed by atoms with E-state index in [9.17, 15) is 4.79 Å². The van der Waals surface area contributed by atoms with E-state index in [0.717, 1.165) is 23.3 Å². The van der Waals surface area contributed by atoms with E-state index in [4.69, 9.17) is 9.84 Å². The van der Waals surface area contributed by atoms with Crippen molar-refractivity contribution in [3.05, 3.63) is 28.0 Å². The van der Waals surface area contributed by atoms with Crippen molar-refractivity contribution in [2.45, 2.75) is 26.7 Å². The van der Waals surface area contributed by atoms with Crippen molar-refractivity contribution in [3.8, 4) is 5.75 Å². The molecule has 1 N–H and O–H groups in total. The number of carbonyl (C=O) groups is 1. The molecule has 16 heavy (non-hydrogen) atoms. The maximum atomic E-state index is 11.0. The Labute approximate surface area is 99.4 Å². The van der Waals surface area contributed by atoms with E-state index in [-0.39, 0.29) is 0 Å². The summed E-state index contributed by atoms with van der Waals surface area (Å²) in [4.78, 5) is 12.3. The molecular weight excluding hydrogens is 224 g/mol. The van der Waals surface area contributed by atoms with Gasteiger partial charge in [-0.15, -0.1) is 17.9 Å². The lowest BCUT2D eigenvalue weighted by atomic mass is 10.2. The minimum absolute atomic E-state index is 0.290. The van der Waals surface area contributed by atoms with Gasteiger partial charge in [0.2, 0.25) is 0 Å². The predicted molar refractivity (Wildman–Crippen MR) is 65.6 cm³/mol. The molecule has 1 aromatic rings. The first-order chi connectivity index (χ1) is 7.54. The van der Waals surface area contributed by atoms with Gasteiger partial charge in [0.1, 0.15) is 5.75 Å². The number of hydrogen-bond donors (Lipinski definition) is 1. The normalized spacial score (nSPS) is 10.1. The minimum atomic E-state index is -0.921. The van der Waals surface area contributed by atoms with Gasteiger partial charge in [0, 0.05) is 11.3 Å². The Kier molecular flexibility index (Phi) is 4.55. The van der Waals surface area contributed by atoms with Crippen LogP contribution in [0.3, 0.4) is 0 Å². The predicted octanol–water partition coefficient (Wildman–Crippen LogP) is 3.35. The number of ether oxygens (including phenoxy) is 1. The van der Waals surface area contributed by atoms with Crippen LogP contribution >= 0.6 is 11.3 Å². The van der Waals surface area contributed by atoms with Crippen molar-refractivity contribution in [1.29, 1.82) is 0 Å². The molecule has 0 aliphatic rings. The third kappa shape index (κ3) is 3.38. The zero-order chi connectivity index (χ0) is 12.1. The Morgan fingerprint density at radius 1 is 1.62 bits per heavy atom. The van der Waals surface area contributed by atoms with Crippen LogP contribution in [-0.2, 0) is 6.42 Å². The second kappa shape index (κ2) is 5.70. The van der Waals surface area contributed by atoms with E-state index in [1.165, 1.54) is 11.3 Å². The molecule has 0 unspecified atom stereocenters. The summed E-state index contributed by atoms with van der Waals surface area (Å²) in [6.07, 6.45) is 1.57. The minimum Gasteiger partial charge on any atom is -0.491 e. The van der Waals surface area contributed by atoms with Gasteiger partial charge >= 0.3 is 5.97 Å². The Balaban J connectivity index is 2.73. The van der Waals surface area contributed by atoms with Gasteiger partial charge in [-0.25, -0.2) is 4.79 Å². The van der Waals surface area contributed by atoms with Crippen LogP contribution in [0.1, 0.15) is 34.8 Å². The van der Waals surface area contributed by atoms with Crippen LogP contribution in [0.15, 0.2) is 18.2 Å². The van der Waals surface area contributed by atoms with Crippen LogP contribution in [0.2, 0.25) is 0 Å². The largest absolute Gasteiger partial charge is 0.491 e. The fourth-order valence-corrected chi connectivity index (χ4v) is 2.07. The average molecular weight is 240 g/mol. The molecule has 0 spiro atoms. The highest BCUT2D eigenvalue weighted by molar-refractivity contribution is 7.14. The molecule has 88 valence electrons. The van der Waals surface area contributed by atoms with Crippen LogP contribution in [0.4, 0.5) is 0 Å². The summed E-state index contributed by atoms with van der Waals surface area (Å²) in [6, 6.07) is 1.81. The quantitative estimate of drug-likeness (QED) is 0.776. The molecule has 0 amide bonds. The molecule has 0 radical (unpaired) electrons. The van der Waals surface area contributed by atoms with Crippen LogP contribution < -0.4 is 4.74 Å². The highest BCUT2D eigenvalue weighted by atomic mass is 32.1. The third-order valence-electron chi connectivity index (χ3n) is 2.08. The highest BCUT2D eigenvalue weighted by Gasteiger charge is 2.15. The molecule has 0 saturated carbocycles. The molecule has 1 aromatic heterocycles. The monoisotopic (exact) mass is 240 g/mol. The molecule has 1 heterocycles. The standard InChI is InChI=1S/C12H16O3S/c1-4-9-7-10(11(16-9)12(13)14)15-6-5-8(2)3/h7H,2,4-6H2,1,3H3,(H,13,14). The fourth-order valence-electron chi connectivity index (χ4n) is 1.19. The molecule has 3 nitrogen and oxygen atoms in total. The number of hydrogen-bond acceptors (Lipinski definition) is 3. The first-order valence-electron chi connectivity index (χ1n) is 5.17. The average Bonchev–Trinajstić information content (AvgIpc) is 2.60. The molecule has 0 fully saturated rings. The molecule has 1 rings (SSSR count). The summed E-state index contributed by atoms with van der Waals surface area (Å²) < 4.78 is 5.46. The number of thiophene rings is 1. The Morgan fingerprint density at radius 2 is 2.31 bits per heavy atom. The first kappa shape index (κ1) is 12.8. The van der Waals surface area contributed by atoms with Crippen LogP contribution in [0, 0.1) is 0 Å². The molecule has 4 heteroatoms. The Hall–Kier alpha value is -1.29. The van der Waals surface area contributed by atoms with E-state index in [0.29, 0.717) is 17.2 Å². The van der Waals surface area contributed by atoms with Crippen molar-refractivity contribution in [2.24, 2.45) is 0 Å². The van der Waals surface area contributed by atoms with Gasteiger partial charge in [0.25, 0.3) is 0 Å². The molecular formula is C12H16O3S. The zero-order valence-electron chi connectivity index (χ0n) is 9.58. The smallest absolute Gasteiger partial charge is 0.349 e. The van der Waals surface area contributed by atoms with E-state index in [2.05, 4.69) is 6.58 Å². The molecule has 0 atom stereocenters. The fraction of sp³-hybridized carbons (Fsp3) is 0.417. The van der Waals surface area contributed by atoms with Crippen molar-refractivity contribution in [2.75, 3.05) is 6.61 Å². The van der Waals surface area contributed by atoms with E-state index in [1.807, 2.05) is 19.9 Å². The number of rotatable bonds is 6. The third-order valence-corrected chi connectivity index (χ3v) is 3.33. The maximum Gasteiger partial charge on any atom is 0.349 e.